The predicted octanol–water partition coefficient (Wildman–Crippen LogP) is 3.83. The van der Waals surface area contributed by atoms with E-state index in [1.54, 1.807) is 47.4 Å². The van der Waals surface area contributed by atoms with Crippen LogP contribution in [-0.4, -0.2) is 45.0 Å². The zero-order valence-electron chi connectivity index (χ0n) is 16.7. The van der Waals surface area contributed by atoms with Crippen LogP contribution in [0.3, 0.4) is 0 Å². The number of hydrogen-bond acceptors (Lipinski definition) is 6. The van der Waals surface area contributed by atoms with E-state index >= 15 is 0 Å². The number of ketones is 1. The number of carbonyl (C=O) groups excluding carboxylic acids is 1. The molecule has 1 saturated heterocycles. The van der Waals surface area contributed by atoms with E-state index in [0.717, 1.165) is 11.1 Å². The second kappa shape index (κ2) is 10.2. The van der Waals surface area contributed by atoms with E-state index in [1.165, 1.54) is 19.5 Å². The van der Waals surface area contributed by atoms with Gasteiger partial charge < -0.3 is 0 Å². The number of pyridine rings is 1. The molecule has 0 bridgehead atoms. The molecule has 4 rings (SSSR count). The lowest BCUT2D eigenvalue weighted by molar-refractivity contribution is 0.103. The molecular formula is C22H25N5OS. The van der Waals surface area contributed by atoms with Gasteiger partial charge in [0.15, 0.2) is 5.78 Å². The molecule has 2 aromatic heterocycles. The second-order valence-electron chi connectivity index (χ2n) is 6.54. The molecule has 1 aliphatic heterocycles. The number of nitrogens with zero attached hydrogens (tertiary/aromatic N) is 4. The molecule has 29 heavy (non-hydrogen) atoms. The monoisotopic (exact) mass is 407 g/mol. The molecule has 0 unspecified atom stereocenters. The molecule has 0 aliphatic carbocycles. The zero-order valence-corrected chi connectivity index (χ0v) is 17.5. The van der Waals surface area contributed by atoms with Crippen molar-refractivity contribution in [1.29, 1.82) is 0 Å². The largest absolute Gasteiger partial charge is 0.289 e. The first-order valence-electron chi connectivity index (χ1n) is 9.42. The van der Waals surface area contributed by atoms with E-state index in [0.29, 0.717) is 16.8 Å². The Morgan fingerprint density at radius 1 is 1.21 bits per heavy atom. The lowest BCUT2D eigenvalue weighted by Crippen LogP contribution is -2.32. The summed E-state index contributed by atoms with van der Waals surface area (Å²) in [5, 5.41) is 4.15. The van der Waals surface area contributed by atoms with Gasteiger partial charge in [-0.1, -0.05) is 36.9 Å². The molecule has 150 valence electrons. The van der Waals surface area contributed by atoms with Crippen molar-refractivity contribution < 1.29 is 4.79 Å². The van der Waals surface area contributed by atoms with Gasteiger partial charge in [0.25, 0.3) is 0 Å². The van der Waals surface area contributed by atoms with Crippen LogP contribution in [0.5, 0.6) is 0 Å². The number of aryl methyl sites for hydroxylation is 1. The Labute approximate surface area is 175 Å². The Hall–Kier alpha value is -2.74. The van der Waals surface area contributed by atoms with Crippen molar-refractivity contribution in [3.05, 3.63) is 78.4 Å². The highest BCUT2D eigenvalue weighted by molar-refractivity contribution is 7.95. The van der Waals surface area contributed by atoms with E-state index in [9.17, 15) is 4.79 Å². The number of carbonyl (C=O) groups is 1. The van der Waals surface area contributed by atoms with Crippen LogP contribution in [0.15, 0.2) is 61.6 Å². The average molecular weight is 408 g/mol. The first-order chi connectivity index (χ1) is 14.1. The van der Waals surface area contributed by atoms with Gasteiger partial charge in [0, 0.05) is 66.9 Å². The topological polar surface area (TPSA) is 63.1 Å². The van der Waals surface area contributed by atoms with Crippen LogP contribution in [0.4, 0.5) is 0 Å². The van der Waals surface area contributed by atoms with Crippen molar-refractivity contribution >= 4 is 24.0 Å². The summed E-state index contributed by atoms with van der Waals surface area (Å²) in [7, 11) is 3.80. The first kappa shape index (κ1) is 21.0. The molecule has 0 saturated carbocycles. The third kappa shape index (κ3) is 5.41. The molecule has 1 N–H and O–H groups in total. The highest BCUT2D eigenvalue weighted by atomic mass is 32.2. The molecule has 0 radical (unpaired) electrons. The predicted molar refractivity (Wildman–Crippen MR) is 119 cm³/mol. The lowest BCUT2D eigenvalue weighted by atomic mass is 9.99. The van der Waals surface area contributed by atoms with E-state index in [1.807, 2.05) is 44.6 Å². The number of benzene rings is 1. The van der Waals surface area contributed by atoms with E-state index in [-0.39, 0.29) is 5.78 Å². The fourth-order valence-corrected chi connectivity index (χ4v) is 3.50. The van der Waals surface area contributed by atoms with Crippen LogP contribution >= 0.6 is 12.1 Å². The smallest absolute Gasteiger partial charge is 0.195 e. The summed E-state index contributed by atoms with van der Waals surface area (Å²) < 4.78 is 7.02. The van der Waals surface area contributed by atoms with Crippen molar-refractivity contribution in [2.24, 2.45) is 7.05 Å². The molecule has 3 heterocycles. The van der Waals surface area contributed by atoms with Crippen LogP contribution in [-0.2, 0) is 7.05 Å². The Kier molecular flexibility index (Phi) is 7.35. The quantitative estimate of drug-likeness (QED) is 0.495. The molecule has 1 aromatic carbocycles. The second-order valence-corrected chi connectivity index (χ2v) is 7.64. The Balaban J connectivity index is 0.000000290. The van der Waals surface area contributed by atoms with Crippen molar-refractivity contribution in [1.82, 2.24) is 23.8 Å². The van der Waals surface area contributed by atoms with Gasteiger partial charge in [-0.25, -0.2) is 4.31 Å². The Morgan fingerprint density at radius 2 is 1.97 bits per heavy atom. The van der Waals surface area contributed by atoms with E-state index < -0.39 is 0 Å². The molecule has 0 atom stereocenters. The summed E-state index contributed by atoms with van der Waals surface area (Å²) in [6.07, 6.45) is 8.34. The fraction of sp³-hybridized carbons (Fsp3) is 0.227. The van der Waals surface area contributed by atoms with Gasteiger partial charge >= 0.3 is 0 Å². The van der Waals surface area contributed by atoms with Crippen LogP contribution in [0.1, 0.15) is 28.0 Å². The summed E-state index contributed by atoms with van der Waals surface area (Å²) in [5.41, 5.74) is 3.55. The number of rotatable bonds is 6. The molecule has 1 fully saturated rings. The Morgan fingerprint density at radius 3 is 2.48 bits per heavy atom. The van der Waals surface area contributed by atoms with Crippen molar-refractivity contribution in [3.8, 4) is 11.1 Å². The van der Waals surface area contributed by atoms with Crippen molar-refractivity contribution in [3.63, 3.8) is 0 Å². The van der Waals surface area contributed by atoms with Gasteiger partial charge in [0.05, 0.1) is 11.9 Å². The third-order valence-electron chi connectivity index (χ3n) is 4.47. The highest BCUT2D eigenvalue weighted by Crippen LogP contribution is 2.23. The molecule has 6 nitrogen and oxygen atoms in total. The van der Waals surface area contributed by atoms with Gasteiger partial charge in [-0.3, -0.25) is 19.2 Å². The third-order valence-corrected chi connectivity index (χ3v) is 5.27. The lowest BCUT2D eigenvalue weighted by Gasteiger charge is -2.27. The van der Waals surface area contributed by atoms with Crippen LogP contribution in [0, 0.1) is 0 Å². The van der Waals surface area contributed by atoms with Gasteiger partial charge in [-0.2, -0.15) is 5.10 Å². The number of nitrogens with one attached hydrogen (secondary N) is 1. The molecule has 7 heteroatoms. The highest BCUT2D eigenvalue weighted by Gasteiger charge is 2.15. The van der Waals surface area contributed by atoms with E-state index in [2.05, 4.69) is 25.7 Å². The standard InChI is InChI=1S/C18H15N3O.C4H10N2S/c1-3-17-16(18(22)13-7-5-4-6-8-13)9-14(10-19-17)15-11-20-21(2)12-15;1-5-7-6-3-2-4-6/h3-12H,1H2,2H3;5H,2-4H2,1H3. The molecule has 3 aromatic rings. The van der Waals surface area contributed by atoms with Crippen molar-refractivity contribution in [2.45, 2.75) is 6.42 Å². The minimum atomic E-state index is -0.0614. The van der Waals surface area contributed by atoms with Crippen LogP contribution in [0.2, 0.25) is 0 Å². The summed E-state index contributed by atoms with van der Waals surface area (Å²) >= 11 is 1.70. The normalized spacial score (nSPS) is 13.2. The molecular weight excluding hydrogens is 382 g/mol. The number of hydrogen-bond donors (Lipinski definition) is 1. The van der Waals surface area contributed by atoms with Crippen LogP contribution < -0.4 is 4.72 Å². The zero-order chi connectivity index (χ0) is 20.6. The van der Waals surface area contributed by atoms with Gasteiger partial charge in [-0.15, -0.1) is 0 Å². The van der Waals surface area contributed by atoms with Gasteiger partial charge in [-0.05, 0) is 25.6 Å². The summed E-state index contributed by atoms with van der Waals surface area (Å²) in [4.78, 5) is 17.1. The molecule has 1 aliphatic rings. The first-order valence-corrected chi connectivity index (χ1v) is 10.2. The fourth-order valence-electron chi connectivity index (χ4n) is 2.80. The van der Waals surface area contributed by atoms with Crippen molar-refractivity contribution in [2.75, 3.05) is 20.1 Å². The maximum absolute atomic E-state index is 12.7. The summed E-state index contributed by atoms with van der Waals surface area (Å²) in [6.45, 7) is 6.25. The summed E-state index contributed by atoms with van der Waals surface area (Å²) in [6, 6.07) is 11.0. The average Bonchev–Trinajstić information content (AvgIpc) is 3.17. The molecule has 0 spiro atoms. The summed E-state index contributed by atoms with van der Waals surface area (Å²) in [5.74, 6) is -0.0614. The van der Waals surface area contributed by atoms with Gasteiger partial charge in [0.1, 0.15) is 0 Å². The van der Waals surface area contributed by atoms with Gasteiger partial charge in [0.2, 0.25) is 0 Å². The van der Waals surface area contributed by atoms with Crippen LogP contribution in [0.25, 0.3) is 17.2 Å². The maximum Gasteiger partial charge on any atom is 0.195 e. The van der Waals surface area contributed by atoms with E-state index in [4.69, 9.17) is 0 Å². The minimum Gasteiger partial charge on any atom is -0.289 e. The number of aromatic nitrogens is 3. The minimum absolute atomic E-state index is 0.0614. The Bertz CT molecular complexity index is 966. The molecule has 0 amide bonds. The SMILES string of the molecule is C=Cc1ncc(-c2cnn(C)c2)cc1C(=O)c1ccccc1.CNSN1CCC1. The maximum atomic E-state index is 12.7.